The van der Waals surface area contributed by atoms with Gasteiger partial charge in [-0.05, 0) is 113 Å². The molecule has 8 aromatic rings. The topological polar surface area (TPSA) is 139 Å². The van der Waals surface area contributed by atoms with Crippen molar-refractivity contribution in [3.05, 3.63) is 133 Å². The fourth-order valence-corrected chi connectivity index (χ4v) is 5.58. The van der Waals surface area contributed by atoms with Gasteiger partial charge in [-0.1, -0.05) is 72.8 Å². The van der Waals surface area contributed by atoms with E-state index >= 15 is 0 Å². The van der Waals surface area contributed by atoms with Gasteiger partial charge in [0.25, 0.3) is 0 Å². The lowest BCUT2D eigenvalue weighted by atomic mass is 9.98. The molecule has 0 fully saturated rings. The van der Waals surface area contributed by atoms with Gasteiger partial charge in [0.05, 0.1) is 7.82 Å². The average molecular weight is 585 g/mol. The summed E-state index contributed by atoms with van der Waals surface area (Å²) in [4.78, 5) is 24.3. The number of fused-ring (bicyclic) bond motifs is 8. The van der Waals surface area contributed by atoms with Crippen LogP contribution in [0.25, 0.3) is 64.6 Å². The highest BCUT2D eigenvalue weighted by Gasteiger charge is 2.05. The van der Waals surface area contributed by atoms with Crippen molar-refractivity contribution < 1.29 is 30.7 Å². The van der Waals surface area contributed by atoms with E-state index in [1.54, 1.807) is 0 Å². The van der Waals surface area contributed by atoms with Crippen molar-refractivity contribution in [2.24, 2.45) is 0 Å². The summed E-state index contributed by atoms with van der Waals surface area (Å²) in [6.07, 6.45) is 0. The molecule has 7 heteroatoms. The van der Waals surface area contributed by atoms with Crippen LogP contribution in [0.4, 0.5) is 11.4 Å². The second-order valence-electron chi connectivity index (χ2n) is 10.6. The molecule has 0 atom stereocenters. The number of phosphoric acid groups is 1. The number of hydrogen-bond acceptors (Lipinski definition) is 3. The lowest BCUT2D eigenvalue weighted by Crippen LogP contribution is -2.39. The van der Waals surface area contributed by atoms with Gasteiger partial charge in [0.2, 0.25) is 0 Å². The molecule has 0 saturated heterocycles. The minimum absolute atomic E-state index is 1.06. The van der Waals surface area contributed by atoms with E-state index in [-0.39, 0.29) is 0 Å². The highest BCUT2D eigenvalue weighted by atomic mass is 31.2. The monoisotopic (exact) mass is 584 g/mol. The molecule has 0 heterocycles. The lowest BCUT2D eigenvalue weighted by Gasteiger charge is -2.19. The van der Waals surface area contributed by atoms with Gasteiger partial charge >= 0.3 is 0 Å². The minimum Gasteiger partial charge on any atom is -0.790 e. The summed E-state index contributed by atoms with van der Waals surface area (Å²) in [5.41, 5.74) is 10.2. The Morgan fingerprint density at radius 2 is 0.698 bits per heavy atom. The maximum atomic E-state index is 8.66. The fourth-order valence-electron chi connectivity index (χ4n) is 5.58. The fraction of sp³-hybridized carbons (Fsp3) is 0. The molecule has 0 bridgehead atoms. The minimum atomic E-state index is -5.14. The zero-order valence-corrected chi connectivity index (χ0v) is 24.1. The third kappa shape index (κ3) is 6.41. The van der Waals surface area contributed by atoms with Crippen LogP contribution in [0.2, 0.25) is 0 Å². The van der Waals surface area contributed by atoms with E-state index in [4.69, 9.17) is 19.2 Å². The zero-order chi connectivity index (χ0) is 30.1. The molecule has 6 nitrogen and oxygen atoms in total. The SMILES string of the molecule is O=P([O-])([O-])O.[NH3+]c1ccc2ccc3cc4ccccc4cc3c2c1.[NH3+]c1ccc2ccc3cc4ccccc4cc3c2c1. The Hall–Kier alpha value is -4.65. The van der Waals surface area contributed by atoms with E-state index in [9.17, 15) is 0 Å². The van der Waals surface area contributed by atoms with Crippen molar-refractivity contribution in [2.45, 2.75) is 0 Å². The summed E-state index contributed by atoms with van der Waals surface area (Å²) in [6, 6.07) is 47.7. The van der Waals surface area contributed by atoms with Gasteiger partial charge in [-0.2, -0.15) is 0 Å². The van der Waals surface area contributed by atoms with E-state index in [0.29, 0.717) is 0 Å². The van der Waals surface area contributed by atoms with Crippen LogP contribution in [0.15, 0.2) is 133 Å². The zero-order valence-electron chi connectivity index (χ0n) is 23.2. The number of quaternary nitrogens is 2. The number of benzene rings is 8. The molecule has 7 N–H and O–H groups in total. The Kier molecular flexibility index (Phi) is 7.65. The van der Waals surface area contributed by atoms with Crippen molar-refractivity contribution in [1.29, 1.82) is 0 Å². The first-order valence-electron chi connectivity index (χ1n) is 13.7. The average Bonchev–Trinajstić information content (AvgIpc) is 2.98. The van der Waals surface area contributed by atoms with Gasteiger partial charge in [0.1, 0.15) is 11.4 Å². The van der Waals surface area contributed by atoms with E-state index < -0.39 is 7.82 Å². The molecule has 43 heavy (non-hydrogen) atoms. The first-order valence-corrected chi connectivity index (χ1v) is 15.2. The number of hydrogen-bond donors (Lipinski definition) is 3. The Balaban J connectivity index is 0.000000133. The molecule has 0 aliphatic heterocycles. The van der Waals surface area contributed by atoms with Crippen molar-refractivity contribution >= 4 is 83.8 Å². The van der Waals surface area contributed by atoms with E-state index in [1.807, 2.05) is 0 Å². The summed E-state index contributed by atoms with van der Waals surface area (Å²) in [6.45, 7) is 0. The molecule has 0 radical (unpaired) electrons. The van der Waals surface area contributed by atoms with Gasteiger partial charge < -0.3 is 30.7 Å². The molecular formula is C36H29N2O4P. The van der Waals surface area contributed by atoms with Crippen LogP contribution < -0.4 is 21.3 Å². The molecule has 0 aliphatic rings. The maximum Gasteiger partial charge on any atom is 0.128 e. The molecule has 0 spiro atoms. The molecular weight excluding hydrogens is 555 g/mol. The molecule has 8 aromatic carbocycles. The smallest absolute Gasteiger partial charge is 0.128 e. The predicted octanol–water partition coefficient (Wildman–Crippen LogP) is 5.85. The summed E-state index contributed by atoms with van der Waals surface area (Å²) in [5, 5.41) is 15.5. The molecule has 0 amide bonds. The van der Waals surface area contributed by atoms with Crippen LogP contribution in [0.3, 0.4) is 0 Å². The van der Waals surface area contributed by atoms with Crippen molar-refractivity contribution in [2.75, 3.05) is 0 Å². The quantitative estimate of drug-likeness (QED) is 0.117. The molecule has 212 valence electrons. The Morgan fingerprint density at radius 1 is 0.419 bits per heavy atom. The first kappa shape index (κ1) is 28.5. The standard InChI is InChI=1S/2C18H13N.H3O4P/c2*19-16-8-7-12-5-6-15-9-13-3-1-2-4-14(13)10-17(15)18(12)11-16;1-5(2,3)4/h2*1-11H,19H2;(H3,1,2,3,4). The van der Waals surface area contributed by atoms with Crippen molar-refractivity contribution in [3.8, 4) is 0 Å². The third-order valence-corrected chi connectivity index (χ3v) is 7.54. The summed E-state index contributed by atoms with van der Waals surface area (Å²) in [5.74, 6) is 0. The normalized spacial score (nSPS) is 11.5. The predicted molar refractivity (Wildman–Crippen MR) is 173 cm³/mol. The maximum absolute atomic E-state index is 8.66. The Morgan fingerprint density at radius 3 is 1.07 bits per heavy atom. The summed E-state index contributed by atoms with van der Waals surface area (Å²) >= 11 is 0. The van der Waals surface area contributed by atoms with Gasteiger partial charge in [0, 0.05) is 12.1 Å². The van der Waals surface area contributed by atoms with Crippen LogP contribution in [-0.4, -0.2) is 4.89 Å². The van der Waals surface area contributed by atoms with Gasteiger partial charge in [0.15, 0.2) is 0 Å². The van der Waals surface area contributed by atoms with Gasteiger partial charge in [-0.25, -0.2) is 0 Å². The highest BCUT2D eigenvalue weighted by Crippen LogP contribution is 2.31. The number of rotatable bonds is 0. The van der Waals surface area contributed by atoms with Crippen LogP contribution in [0.1, 0.15) is 0 Å². The van der Waals surface area contributed by atoms with Crippen LogP contribution in [-0.2, 0) is 4.57 Å². The van der Waals surface area contributed by atoms with Crippen molar-refractivity contribution in [1.82, 2.24) is 0 Å². The van der Waals surface area contributed by atoms with E-state index in [2.05, 4.69) is 145 Å². The third-order valence-electron chi connectivity index (χ3n) is 7.54. The summed E-state index contributed by atoms with van der Waals surface area (Å²) < 4.78 is 8.66. The molecule has 0 aliphatic carbocycles. The highest BCUT2D eigenvalue weighted by molar-refractivity contribution is 7.42. The Labute approximate surface area is 247 Å². The molecule has 0 unspecified atom stereocenters. The largest absolute Gasteiger partial charge is 0.790 e. The Bertz CT molecular complexity index is 2180. The van der Waals surface area contributed by atoms with Crippen LogP contribution >= 0.6 is 7.82 Å². The van der Waals surface area contributed by atoms with Crippen LogP contribution in [0, 0.1) is 0 Å². The molecule has 8 rings (SSSR count). The summed E-state index contributed by atoms with van der Waals surface area (Å²) in [7, 11) is -5.14. The van der Waals surface area contributed by atoms with Gasteiger partial charge in [-0.3, -0.25) is 0 Å². The second-order valence-corrected chi connectivity index (χ2v) is 11.5. The van der Waals surface area contributed by atoms with E-state index in [0.717, 1.165) is 11.4 Å². The van der Waals surface area contributed by atoms with Crippen molar-refractivity contribution in [3.63, 3.8) is 0 Å². The lowest BCUT2D eigenvalue weighted by molar-refractivity contribution is -0.337. The molecule has 0 aromatic heterocycles. The van der Waals surface area contributed by atoms with Crippen LogP contribution in [0.5, 0.6) is 0 Å². The first-order chi connectivity index (χ1) is 20.6. The van der Waals surface area contributed by atoms with Gasteiger partial charge in [-0.15, -0.1) is 0 Å². The second kappa shape index (κ2) is 11.6. The van der Waals surface area contributed by atoms with E-state index in [1.165, 1.54) is 64.6 Å². The molecule has 0 saturated carbocycles.